The smallest absolute Gasteiger partial charge is 0.243 e. The molecule has 1 aliphatic heterocycles. The number of benzene rings is 2. The molecule has 1 heterocycles. The Kier molecular flexibility index (Phi) is 6.38. The Morgan fingerprint density at radius 3 is 2.56 bits per heavy atom. The van der Waals surface area contributed by atoms with Gasteiger partial charge in [-0.1, -0.05) is 36.4 Å². The first-order valence-electron chi connectivity index (χ1n) is 8.49. The highest BCUT2D eigenvalue weighted by atomic mass is 35.5. The summed E-state index contributed by atoms with van der Waals surface area (Å²) < 4.78 is 38.4. The Morgan fingerprint density at radius 1 is 1.19 bits per heavy atom. The summed E-state index contributed by atoms with van der Waals surface area (Å²) in [6.07, 6.45) is 0. The highest BCUT2D eigenvalue weighted by Crippen LogP contribution is 2.33. The molecule has 0 spiro atoms. The minimum Gasteiger partial charge on any atom is -0.455 e. The molecule has 0 saturated carbocycles. The maximum atomic E-state index is 12.9. The van der Waals surface area contributed by atoms with Gasteiger partial charge in [-0.25, -0.2) is 8.42 Å². The van der Waals surface area contributed by atoms with Crippen molar-refractivity contribution in [3.05, 3.63) is 60.1 Å². The van der Waals surface area contributed by atoms with Gasteiger partial charge in [0.1, 0.15) is 5.75 Å². The molecule has 0 unspecified atom stereocenters. The summed E-state index contributed by atoms with van der Waals surface area (Å²) in [5.74, 6) is 1.15. The molecule has 6 nitrogen and oxygen atoms in total. The zero-order valence-corrected chi connectivity index (χ0v) is 16.3. The van der Waals surface area contributed by atoms with Crippen LogP contribution >= 0.6 is 11.6 Å². The molecule has 144 valence electrons. The number of morpholine rings is 1. The topological polar surface area (TPSA) is 67.9 Å². The van der Waals surface area contributed by atoms with E-state index in [2.05, 4.69) is 11.9 Å². The third-order valence-corrected chi connectivity index (χ3v) is 6.03. The highest BCUT2D eigenvalue weighted by molar-refractivity contribution is 7.89. The second kappa shape index (κ2) is 8.75. The van der Waals surface area contributed by atoms with Crippen LogP contribution in [0, 0.1) is 0 Å². The second-order valence-electron chi connectivity index (χ2n) is 5.96. The number of halogens is 1. The summed E-state index contributed by atoms with van der Waals surface area (Å²) in [6.45, 7) is 5.40. The molecule has 0 radical (unpaired) electrons. The lowest BCUT2D eigenvalue weighted by atomic mass is 10.2. The molecule has 0 bridgehead atoms. The van der Waals surface area contributed by atoms with Gasteiger partial charge in [-0.2, -0.15) is 4.31 Å². The molecule has 27 heavy (non-hydrogen) atoms. The molecule has 8 heteroatoms. The molecule has 0 aromatic heterocycles. The summed E-state index contributed by atoms with van der Waals surface area (Å²) in [7, 11) is -3.61. The molecule has 2 aromatic rings. The quantitative estimate of drug-likeness (QED) is 0.757. The van der Waals surface area contributed by atoms with Gasteiger partial charge in [-0.15, -0.1) is 0 Å². The van der Waals surface area contributed by atoms with Gasteiger partial charge in [0, 0.05) is 18.1 Å². The van der Waals surface area contributed by atoms with Crippen molar-refractivity contribution in [2.75, 3.05) is 38.2 Å². The molecule has 1 saturated heterocycles. The Bertz CT molecular complexity index is 897. The van der Waals surface area contributed by atoms with Crippen molar-refractivity contribution in [1.29, 1.82) is 0 Å². The molecule has 1 N–H and O–H groups in total. The van der Waals surface area contributed by atoms with Gasteiger partial charge >= 0.3 is 0 Å². The summed E-state index contributed by atoms with van der Waals surface area (Å²) >= 11 is 5.85. The van der Waals surface area contributed by atoms with Crippen molar-refractivity contribution in [1.82, 2.24) is 4.31 Å². The van der Waals surface area contributed by atoms with E-state index in [0.29, 0.717) is 48.5 Å². The summed E-state index contributed by atoms with van der Waals surface area (Å²) in [4.78, 5) is 0.187. The molecule has 0 atom stereocenters. The maximum absolute atomic E-state index is 12.9. The number of nitrogens with one attached hydrogen (secondary N) is 1. The first kappa shape index (κ1) is 19.7. The average Bonchev–Trinajstić information content (AvgIpc) is 2.68. The first-order valence-corrected chi connectivity index (χ1v) is 10.3. The van der Waals surface area contributed by atoms with Crippen LogP contribution in [-0.4, -0.2) is 45.6 Å². The van der Waals surface area contributed by atoms with Gasteiger partial charge in [0.25, 0.3) is 0 Å². The second-order valence-corrected chi connectivity index (χ2v) is 8.43. The van der Waals surface area contributed by atoms with Crippen LogP contribution < -0.4 is 10.1 Å². The van der Waals surface area contributed by atoms with Crippen LogP contribution in [0.1, 0.15) is 0 Å². The number of nitrogens with zero attached hydrogens (tertiary/aromatic N) is 1. The van der Waals surface area contributed by atoms with Crippen LogP contribution in [0.2, 0.25) is 0 Å². The number of hydrogen-bond acceptors (Lipinski definition) is 5. The van der Waals surface area contributed by atoms with Crippen LogP contribution in [0.4, 0.5) is 5.69 Å². The molecule has 0 amide bonds. The van der Waals surface area contributed by atoms with Gasteiger partial charge in [-0.3, -0.25) is 0 Å². The summed E-state index contributed by atoms with van der Waals surface area (Å²) in [6, 6.07) is 14.0. The standard InChI is InChI=1S/C19H21ClN2O4S/c1-15(20)14-21-18-13-17(27(23,24)22-9-11-25-12-10-22)7-8-19(18)26-16-5-3-2-4-6-16/h2-8,13,21H,1,9-12,14H2. The van der Waals surface area contributed by atoms with E-state index in [1.54, 1.807) is 18.2 Å². The monoisotopic (exact) mass is 408 g/mol. The Morgan fingerprint density at radius 2 is 1.89 bits per heavy atom. The van der Waals surface area contributed by atoms with Gasteiger partial charge in [0.2, 0.25) is 10.0 Å². The molecule has 1 fully saturated rings. The van der Waals surface area contributed by atoms with Crippen LogP contribution in [0.3, 0.4) is 0 Å². The third kappa shape index (κ3) is 5.01. The SMILES string of the molecule is C=C(Cl)CNc1cc(S(=O)(=O)N2CCOCC2)ccc1Oc1ccccc1. The third-order valence-electron chi connectivity index (χ3n) is 4.00. The van der Waals surface area contributed by atoms with E-state index in [4.69, 9.17) is 21.1 Å². The van der Waals surface area contributed by atoms with E-state index < -0.39 is 10.0 Å². The fraction of sp³-hybridized carbons (Fsp3) is 0.263. The van der Waals surface area contributed by atoms with Crippen LogP contribution in [-0.2, 0) is 14.8 Å². The van der Waals surface area contributed by atoms with Gasteiger partial charge in [0.05, 0.1) is 30.3 Å². The fourth-order valence-corrected chi connectivity index (χ4v) is 4.14. The van der Waals surface area contributed by atoms with E-state index in [-0.39, 0.29) is 11.4 Å². The average molecular weight is 409 g/mol. The zero-order chi connectivity index (χ0) is 19.3. The van der Waals surface area contributed by atoms with E-state index in [1.165, 1.54) is 4.31 Å². The van der Waals surface area contributed by atoms with Gasteiger partial charge < -0.3 is 14.8 Å². The summed E-state index contributed by atoms with van der Waals surface area (Å²) in [5.41, 5.74) is 0.523. The lowest BCUT2D eigenvalue weighted by Crippen LogP contribution is -2.40. The van der Waals surface area contributed by atoms with Crippen molar-refractivity contribution in [2.45, 2.75) is 4.90 Å². The molecule has 2 aromatic carbocycles. The van der Waals surface area contributed by atoms with Gasteiger partial charge in [0.15, 0.2) is 5.75 Å². The maximum Gasteiger partial charge on any atom is 0.243 e. The van der Waals surface area contributed by atoms with E-state index in [9.17, 15) is 8.42 Å². The number of para-hydroxylation sites is 1. The number of hydrogen-bond donors (Lipinski definition) is 1. The number of anilines is 1. The largest absolute Gasteiger partial charge is 0.455 e. The molecule has 0 aliphatic carbocycles. The summed E-state index contributed by atoms with van der Waals surface area (Å²) in [5, 5.41) is 3.49. The van der Waals surface area contributed by atoms with Crippen molar-refractivity contribution >= 4 is 27.3 Å². The minimum atomic E-state index is -3.61. The minimum absolute atomic E-state index is 0.187. The Hall–Kier alpha value is -2.06. The number of rotatable bonds is 7. The van der Waals surface area contributed by atoms with Crippen LogP contribution in [0.5, 0.6) is 11.5 Å². The van der Waals surface area contributed by atoms with Crippen molar-refractivity contribution < 1.29 is 17.9 Å². The highest BCUT2D eigenvalue weighted by Gasteiger charge is 2.27. The zero-order valence-electron chi connectivity index (χ0n) is 14.7. The lowest BCUT2D eigenvalue weighted by molar-refractivity contribution is 0.0730. The predicted octanol–water partition coefficient (Wildman–Crippen LogP) is 3.66. The van der Waals surface area contributed by atoms with Crippen LogP contribution in [0.25, 0.3) is 0 Å². The van der Waals surface area contributed by atoms with Crippen LogP contribution in [0.15, 0.2) is 65.0 Å². The Labute approximate surface area is 164 Å². The van der Waals surface area contributed by atoms with Gasteiger partial charge in [-0.05, 0) is 30.3 Å². The lowest BCUT2D eigenvalue weighted by Gasteiger charge is -2.26. The molecular weight excluding hydrogens is 388 g/mol. The molecule has 3 rings (SSSR count). The molecular formula is C19H21ClN2O4S. The Balaban J connectivity index is 1.92. The normalized spacial score (nSPS) is 15.3. The molecule has 1 aliphatic rings. The number of ether oxygens (including phenoxy) is 2. The number of sulfonamides is 1. The van der Waals surface area contributed by atoms with Crippen molar-refractivity contribution in [3.63, 3.8) is 0 Å². The predicted molar refractivity (Wildman–Crippen MR) is 106 cm³/mol. The fourth-order valence-electron chi connectivity index (χ4n) is 2.64. The van der Waals surface area contributed by atoms with Crippen molar-refractivity contribution in [3.8, 4) is 11.5 Å². The van der Waals surface area contributed by atoms with E-state index >= 15 is 0 Å². The van der Waals surface area contributed by atoms with Crippen molar-refractivity contribution in [2.24, 2.45) is 0 Å². The van der Waals surface area contributed by atoms with E-state index in [1.807, 2.05) is 30.3 Å². The van der Waals surface area contributed by atoms with E-state index in [0.717, 1.165) is 0 Å². The first-order chi connectivity index (χ1) is 13.0.